The number of hydrogen-bond acceptors (Lipinski definition) is 3. The quantitative estimate of drug-likeness (QED) is 0.786. The molecule has 15 heavy (non-hydrogen) atoms. The third-order valence-corrected chi connectivity index (χ3v) is 2.62. The Morgan fingerprint density at radius 2 is 2.07 bits per heavy atom. The number of nitrogens with one attached hydrogen (secondary N) is 2. The van der Waals surface area contributed by atoms with Crippen molar-refractivity contribution in [1.82, 2.24) is 20.5 Å². The minimum atomic E-state index is -0.124. The van der Waals surface area contributed by atoms with E-state index in [9.17, 15) is 4.79 Å². The van der Waals surface area contributed by atoms with Crippen LogP contribution in [-0.2, 0) is 4.79 Å². The summed E-state index contributed by atoms with van der Waals surface area (Å²) >= 11 is 0. The maximum absolute atomic E-state index is 11.7. The van der Waals surface area contributed by atoms with Gasteiger partial charge in [-0.15, -0.1) is 0 Å². The summed E-state index contributed by atoms with van der Waals surface area (Å²) in [4.78, 5) is 15.7. The number of H-pyrrole nitrogens is 1. The minimum absolute atomic E-state index is 0.00960. The van der Waals surface area contributed by atoms with Gasteiger partial charge < -0.3 is 5.32 Å². The molecule has 0 spiro atoms. The first-order chi connectivity index (χ1) is 7.02. The number of rotatable bonds is 4. The van der Waals surface area contributed by atoms with E-state index in [-0.39, 0.29) is 17.9 Å². The zero-order valence-corrected chi connectivity index (χ0v) is 9.61. The maximum Gasteiger partial charge on any atom is 0.223 e. The fourth-order valence-electron chi connectivity index (χ4n) is 1.14. The molecule has 5 heteroatoms. The lowest BCUT2D eigenvalue weighted by atomic mass is 9.97. The third-order valence-electron chi connectivity index (χ3n) is 2.62. The lowest BCUT2D eigenvalue weighted by Crippen LogP contribution is -2.34. The summed E-state index contributed by atoms with van der Waals surface area (Å²) in [6.45, 7) is 7.87. The Balaban J connectivity index is 2.52. The first-order valence-electron chi connectivity index (χ1n) is 5.18. The molecule has 1 rings (SSSR count). The first-order valence-corrected chi connectivity index (χ1v) is 5.18. The molecule has 1 aromatic heterocycles. The largest absolute Gasteiger partial charge is 0.346 e. The molecule has 0 aliphatic rings. The topological polar surface area (TPSA) is 70.7 Å². The summed E-state index contributed by atoms with van der Waals surface area (Å²) in [7, 11) is 0. The van der Waals surface area contributed by atoms with Gasteiger partial charge in [0.25, 0.3) is 0 Å². The van der Waals surface area contributed by atoms with Gasteiger partial charge in [-0.3, -0.25) is 9.89 Å². The molecule has 1 heterocycles. The van der Waals surface area contributed by atoms with Crippen molar-refractivity contribution in [3.63, 3.8) is 0 Å². The van der Waals surface area contributed by atoms with Crippen LogP contribution in [0.25, 0.3) is 0 Å². The van der Waals surface area contributed by atoms with Crippen LogP contribution in [0.15, 0.2) is 6.33 Å². The number of hydrogen-bond donors (Lipinski definition) is 2. The van der Waals surface area contributed by atoms with Crippen LogP contribution < -0.4 is 5.32 Å². The van der Waals surface area contributed by atoms with Crippen molar-refractivity contribution < 1.29 is 4.79 Å². The smallest absolute Gasteiger partial charge is 0.223 e. The van der Waals surface area contributed by atoms with Crippen molar-refractivity contribution in [2.45, 2.75) is 33.7 Å². The fourth-order valence-corrected chi connectivity index (χ4v) is 1.14. The molecular weight excluding hydrogens is 192 g/mol. The van der Waals surface area contributed by atoms with Crippen molar-refractivity contribution in [3.05, 3.63) is 12.2 Å². The molecular formula is C10H18N4O. The van der Waals surface area contributed by atoms with E-state index in [1.807, 2.05) is 27.7 Å². The highest BCUT2D eigenvalue weighted by Crippen LogP contribution is 2.12. The molecule has 2 unspecified atom stereocenters. The molecule has 0 saturated carbocycles. The standard InChI is InChI=1S/C10H18N4O/c1-6(2)7(3)10(15)13-8(4)9-11-5-12-14-9/h5-8H,1-4H3,(H,13,15)(H,11,12,14). The Bertz CT molecular complexity index is 307. The van der Waals surface area contributed by atoms with Crippen molar-refractivity contribution in [2.24, 2.45) is 11.8 Å². The first kappa shape index (κ1) is 11.7. The van der Waals surface area contributed by atoms with Gasteiger partial charge in [0, 0.05) is 5.92 Å². The summed E-state index contributed by atoms with van der Waals surface area (Å²) in [6.07, 6.45) is 1.43. The van der Waals surface area contributed by atoms with Crippen molar-refractivity contribution >= 4 is 5.91 Å². The summed E-state index contributed by atoms with van der Waals surface area (Å²) in [5, 5.41) is 9.37. The van der Waals surface area contributed by atoms with Crippen LogP contribution in [0.5, 0.6) is 0 Å². The highest BCUT2D eigenvalue weighted by molar-refractivity contribution is 5.78. The molecule has 0 fully saturated rings. The monoisotopic (exact) mass is 210 g/mol. The van der Waals surface area contributed by atoms with Crippen LogP contribution in [0, 0.1) is 11.8 Å². The van der Waals surface area contributed by atoms with Crippen LogP contribution in [0.4, 0.5) is 0 Å². The molecule has 0 aromatic carbocycles. The second-order valence-electron chi connectivity index (χ2n) is 4.13. The van der Waals surface area contributed by atoms with Crippen LogP contribution in [-0.4, -0.2) is 21.1 Å². The zero-order valence-electron chi connectivity index (χ0n) is 9.61. The molecule has 0 aliphatic heterocycles. The Labute approximate surface area is 89.7 Å². The van der Waals surface area contributed by atoms with E-state index in [1.165, 1.54) is 6.33 Å². The predicted octanol–water partition coefficient (Wildman–Crippen LogP) is 1.27. The van der Waals surface area contributed by atoms with E-state index < -0.39 is 0 Å². The Morgan fingerprint density at radius 3 is 2.53 bits per heavy atom. The molecule has 0 saturated heterocycles. The summed E-state index contributed by atoms with van der Waals surface area (Å²) in [5.74, 6) is 1.08. The van der Waals surface area contributed by atoms with E-state index in [0.29, 0.717) is 11.7 Å². The van der Waals surface area contributed by atoms with Crippen LogP contribution in [0.2, 0.25) is 0 Å². The Hall–Kier alpha value is -1.39. The zero-order chi connectivity index (χ0) is 11.4. The molecule has 1 aromatic rings. The molecule has 0 radical (unpaired) electrons. The summed E-state index contributed by atoms with van der Waals surface area (Å²) < 4.78 is 0. The predicted molar refractivity (Wildman–Crippen MR) is 56.9 cm³/mol. The lowest BCUT2D eigenvalue weighted by Gasteiger charge is -2.18. The SMILES string of the molecule is CC(NC(=O)C(C)C(C)C)c1ncn[nH]1. The van der Waals surface area contributed by atoms with Gasteiger partial charge in [0.1, 0.15) is 12.2 Å². The summed E-state index contributed by atoms with van der Waals surface area (Å²) in [5.41, 5.74) is 0. The maximum atomic E-state index is 11.7. The fraction of sp³-hybridized carbons (Fsp3) is 0.700. The minimum Gasteiger partial charge on any atom is -0.346 e. The number of aromatic nitrogens is 3. The summed E-state index contributed by atoms with van der Waals surface area (Å²) in [6, 6.07) is -0.124. The van der Waals surface area contributed by atoms with E-state index in [2.05, 4.69) is 20.5 Å². The average Bonchev–Trinajstić information content (AvgIpc) is 2.68. The second kappa shape index (κ2) is 4.91. The highest BCUT2D eigenvalue weighted by atomic mass is 16.1. The molecule has 0 bridgehead atoms. The lowest BCUT2D eigenvalue weighted by molar-refractivity contribution is -0.126. The molecule has 1 amide bonds. The number of carbonyl (C=O) groups is 1. The van der Waals surface area contributed by atoms with Crippen LogP contribution in [0.3, 0.4) is 0 Å². The van der Waals surface area contributed by atoms with E-state index in [1.54, 1.807) is 0 Å². The van der Waals surface area contributed by atoms with Gasteiger partial charge in [0.05, 0.1) is 6.04 Å². The Kier molecular flexibility index (Phi) is 3.82. The molecule has 5 nitrogen and oxygen atoms in total. The van der Waals surface area contributed by atoms with Gasteiger partial charge in [-0.1, -0.05) is 20.8 Å². The van der Waals surface area contributed by atoms with Gasteiger partial charge in [-0.05, 0) is 12.8 Å². The molecule has 2 atom stereocenters. The molecule has 0 aliphatic carbocycles. The van der Waals surface area contributed by atoms with Crippen molar-refractivity contribution in [3.8, 4) is 0 Å². The van der Waals surface area contributed by atoms with Gasteiger partial charge in [-0.25, -0.2) is 4.98 Å². The van der Waals surface area contributed by atoms with Gasteiger partial charge >= 0.3 is 0 Å². The number of aromatic amines is 1. The van der Waals surface area contributed by atoms with Gasteiger partial charge in [0.15, 0.2) is 0 Å². The van der Waals surface area contributed by atoms with E-state index >= 15 is 0 Å². The number of nitrogens with zero attached hydrogens (tertiary/aromatic N) is 2. The van der Waals surface area contributed by atoms with Gasteiger partial charge in [0.2, 0.25) is 5.91 Å². The molecule has 2 N–H and O–H groups in total. The van der Waals surface area contributed by atoms with Crippen molar-refractivity contribution in [2.75, 3.05) is 0 Å². The highest BCUT2D eigenvalue weighted by Gasteiger charge is 2.19. The second-order valence-corrected chi connectivity index (χ2v) is 4.13. The van der Waals surface area contributed by atoms with Crippen LogP contribution in [0.1, 0.15) is 39.6 Å². The van der Waals surface area contributed by atoms with E-state index in [0.717, 1.165) is 0 Å². The number of amides is 1. The van der Waals surface area contributed by atoms with Crippen molar-refractivity contribution in [1.29, 1.82) is 0 Å². The third kappa shape index (κ3) is 3.04. The normalized spacial score (nSPS) is 15.0. The number of carbonyl (C=O) groups excluding carboxylic acids is 1. The molecule has 84 valence electrons. The Morgan fingerprint density at radius 1 is 1.40 bits per heavy atom. The van der Waals surface area contributed by atoms with E-state index in [4.69, 9.17) is 0 Å². The van der Waals surface area contributed by atoms with Crippen LogP contribution >= 0.6 is 0 Å². The average molecular weight is 210 g/mol. The van der Waals surface area contributed by atoms with Gasteiger partial charge in [-0.2, -0.15) is 5.10 Å².